The van der Waals surface area contributed by atoms with E-state index in [-0.39, 0.29) is 17.2 Å². The van der Waals surface area contributed by atoms with E-state index in [1.165, 1.54) is 0 Å². The van der Waals surface area contributed by atoms with Crippen molar-refractivity contribution in [2.24, 2.45) is 5.41 Å². The number of hydrogen-bond acceptors (Lipinski definition) is 2. The molecule has 1 aliphatic rings. The first-order chi connectivity index (χ1) is 9.71. The standard InChI is InChI=1S/C17H24N2O2/c1-11-8-6-7-9-13(11)10-19-14(17(3,4)5)15(20)18-12(2)16(19)21/h6-9,12,14H,10H2,1-5H3,(H,18,20). The molecule has 114 valence electrons. The zero-order valence-electron chi connectivity index (χ0n) is 13.4. The molecule has 0 aliphatic carbocycles. The second-order valence-corrected chi connectivity index (χ2v) is 6.89. The zero-order valence-corrected chi connectivity index (χ0v) is 13.4. The van der Waals surface area contributed by atoms with Gasteiger partial charge in [-0.1, -0.05) is 45.0 Å². The van der Waals surface area contributed by atoms with Crippen LogP contribution >= 0.6 is 0 Å². The molecule has 0 bridgehead atoms. The largest absolute Gasteiger partial charge is 0.343 e. The van der Waals surface area contributed by atoms with Crippen LogP contribution in [-0.4, -0.2) is 28.8 Å². The first kappa shape index (κ1) is 15.5. The minimum Gasteiger partial charge on any atom is -0.343 e. The van der Waals surface area contributed by atoms with Crippen molar-refractivity contribution in [3.63, 3.8) is 0 Å². The van der Waals surface area contributed by atoms with Crippen LogP contribution in [0.4, 0.5) is 0 Å². The Kier molecular flexibility index (Phi) is 4.08. The number of nitrogens with zero attached hydrogens (tertiary/aromatic N) is 1. The highest BCUT2D eigenvalue weighted by atomic mass is 16.2. The van der Waals surface area contributed by atoms with Crippen LogP contribution < -0.4 is 5.32 Å². The molecule has 1 aromatic rings. The Morgan fingerprint density at radius 3 is 2.38 bits per heavy atom. The number of carbonyl (C=O) groups excluding carboxylic acids is 2. The monoisotopic (exact) mass is 288 g/mol. The van der Waals surface area contributed by atoms with Crippen LogP contribution in [0, 0.1) is 12.3 Å². The van der Waals surface area contributed by atoms with Crippen LogP contribution in [0.3, 0.4) is 0 Å². The molecule has 4 nitrogen and oxygen atoms in total. The smallest absolute Gasteiger partial charge is 0.245 e. The van der Waals surface area contributed by atoms with E-state index >= 15 is 0 Å². The van der Waals surface area contributed by atoms with Gasteiger partial charge >= 0.3 is 0 Å². The fourth-order valence-electron chi connectivity index (χ4n) is 2.87. The molecular weight excluding hydrogens is 264 g/mol. The minimum atomic E-state index is -0.458. The molecule has 21 heavy (non-hydrogen) atoms. The Morgan fingerprint density at radius 1 is 1.19 bits per heavy atom. The first-order valence-electron chi connectivity index (χ1n) is 7.37. The molecule has 1 aliphatic heterocycles. The van der Waals surface area contributed by atoms with Crippen molar-refractivity contribution in [3.05, 3.63) is 35.4 Å². The summed E-state index contributed by atoms with van der Waals surface area (Å²) in [5.74, 6) is -0.0824. The van der Waals surface area contributed by atoms with Crippen LogP contribution in [0.2, 0.25) is 0 Å². The van der Waals surface area contributed by atoms with Gasteiger partial charge in [-0.05, 0) is 30.4 Å². The molecule has 0 saturated carbocycles. The van der Waals surface area contributed by atoms with Gasteiger partial charge in [-0.3, -0.25) is 9.59 Å². The maximum Gasteiger partial charge on any atom is 0.245 e. The molecule has 1 heterocycles. The molecule has 0 spiro atoms. The van der Waals surface area contributed by atoms with E-state index in [1.807, 2.05) is 52.0 Å². The second-order valence-electron chi connectivity index (χ2n) is 6.89. The maximum absolute atomic E-state index is 12.6. The van der Waals surface area contributed by atoms with E-state index in [0.29, 0.717) is 6.54 Å². The Bertz CT molecular complexity index is 560. The van der Waals surface area contributed by atoms with Crippen LogP contribution in [0.1, 0.15) is 38.8 Å². The Balaban J connectivity index is 2.37. The molecule has 2 amide bonds. The van der Waals surface area contributed by atoms with Crippen molar-refractivity contribution in [1.82, 2.24) is 10.2 Å². The van der Waals surface area contributed by atoms with E-state index in [1.54, 1.807) is 11.8 Å². The summed E-state index contributed by atoms with van der Waals surface area (Å²) >= 11 is 0. The van der Waals surface area contributed by atoms with Gasteiger partial charge in [0.15, 0.2) is 0 Å². The third kappa shape index (κ3) is 3.09. The summed E-state index contributed by atoms with van der Waals surface area (Å²) in [7, 11) is 0. The van der Waals surface area contributed by atoms with Gasteiger partial charge in [0.05, 0.1) is 0 Å². The molecule has 0 radical (unpaired) electrons. The van der Waals surface area contributed by atoms with Crippen LogP contribution in [0.25, 0.3) is 0 Å². The molecule has 0 aromatic heterocycles. The highest BCUT2D eigenvalue weighted by molar-refractivity contribution is 5.97. The molecule has 1 N–H and O–H groups in total. The molecule has 4 heteroatoms. The summed E-state index contributed by atoms with van der Waals surface area (Å²) in [6.45, 7) is 10.2. The molecule has 2 rings (SSSR count). The number of benzene rings is 1. The molecule has 1 saturated heterocycles. The lowest BCUT2D eigenvalue weighted by Crippen LogP contribution is -2.65. The van der Waals surface area contributed by atoms with Crippen LogP contribution in [-0.2, 0) is 16.1 Å². The number of hydrogen-bond donors (Lipinski definition) is 1. The molecule has 1 aromatic carbocycles. The van der Waals surface area contributed by atoms with E-state index in [2.05, 4.69) is 5.32 Å². The third-order valence-electron chi connectivity index (χ3n) is 3.99. The summed E-state index contributed by atoms with van der Waals surface area (Å²) in [6.07, 6.45) is 0. The number of rotatable bonds is 2. The summed E-state index contributed by atoms with van der Waals surface area (Å²) in [5, 5.41) is 2.79. The highest BCUT2D eigenvalue weighted by Crippen LogP contribution is 2.29. The lowest BCUT2D eigenvalue weighted by Gasteiger charge is -2.44. The van der Waals surface area contributed by atoms with Crippen molar-refractivity contribution >= 4 is 11.8 Å². The van der Waals surface area contributed by atoms with Gasteiger partial charge in [0, 0.05) is 6.54 Å². The van der Waals surface area contributed by atoms with Crippen molar-refractivity contribution < 1.29 is 9.59 Å². The van der Waals surface area contributed by atoms with Gasteiger partial charge in [0.25, 0.3) is 0 Å². The van der Waals surface area contributed by atoms with Gasteiger partial charge in [0.1, 0.15) is 12.1 Å². The molecular formula is C17H24N2O2. The van der Waals surface area contributed by atoms with E-state index in [0.717, 1.165) is 11.1 Å². The Labute approximate surface area is 126 Å². The number of piperazine rings is 1. The number of amides is 2. The topological polar surface area (TPSA) is 49.4 Å². The Morgan fingerprint density at radius 2 is 1.81 bits per heavy atom. The summed E-state index contributed by atoms with van der Waals surface area (Å²) in [6, 6.07) is 7.08. The number of aryl methyl sites for hydroxylation is 1. The van der Waals surface area contributed by atoms with E-state index < -0.39 is 12.1 Å². The van der Waals surface area contributed by atoms with Crippen molar-refractivity contribution in [3.8, 4) is 0 Å². The van der Waals surface area contributed by atoms with Crippen LogP contribution in [0.5, 0.6) is 0 Å². The summed E-state index contributed by atoms with van der Waals surface area (Å²) < 4.78 is 0. The fraction of sp³-hybridized carbons (Fsp3) is 0.529. The lowest BCUT2D eigenvalue weighted by atomic mass is 9.83. The van der Waals surface area contributed by atoms with Gasteiger partial charge in [-0.2, -0.15) is 0 Å². The quantitative estimate of drug-likeness (QED) is 0.907. The molecule has 2 atom stereocenters. The number of nitrogens with one attached hydrogen (secondary N) is 1. The van der Waals surface area contributed by atoms with Crippen LogP contribution in [0.15, 0.2) is 24.3 Å². The van der Waals surface area contributed by atoms with Gasteiger partial charge in [0.2, 0.25) is 11.8 Å². The Hall–Kier alpha value is -1.84. The van der Waals surface area contributed by atoms with E-state index in [4.69, 9.17) is 0 Å². The fourth-order valence-corrected chi connectivity index (χ4v) is 2.87. The maximum atomic E-state index is 12.6. The molecule has 1 fully saturated rings. The van der Waals surface area contributed by atoms with Crippen molar-refractivity contribution in [2.75, 3.05) is 0 Å². The first-order valence-corrected chi connectivity index (χ1v) is 7.37. The second kappa shape index (κ2) is 5.51. The average Bonchev–Trinajstić information content (AvgIpc) is 2.36. The highest BCUT2D eigenvalue weighted by Gasteiger charge is 2.44. The summed E-state index contributed by atoms with van der Waals surface area (Å²) in [5.41, 5.74) is 1.92. The normalized spacial score (nSPS) is 23.2. The zero-order chi connectivity index (χ0) is 15.8. The third-order valence-corrected chi connectivity index (χ3v) is 3.99. The van der Waals surface area contributed by atoms with Gasteiger partial charge < -0.3 is 10.2 Å². The lowest BCUT2D eigenvalue weighted by molar-refractivity contribution is -0.154. The van der Waals surface area contributed by atoms with Crippen molar-refractivity contribution in [1.29, 1.82) is 0 Å². The summed E-state index contributed by atoms with van der Waals surface area (Å²) in [4.78, 5) is 26.7. The van der Waals surface area contributed by atoms with E-state index in [9.17, 15) is 9.59 Å². The average molecular weight is 288 g/mol. The predicted octanol–water partition coefficient (Wildman–Crippen LogP) is 2.26. The number of carbonyl (C=O) groups is 2. The van der Waals surface area contributed by atoms with Gasteiger partial charge in [-0.15, -0.1) is 0 Å². The minimum absolute atomic E-state index is 0.0159. The predicted molar refractivity (Wildman–Crippen MR) is 82.6 cm³/mol. The molecule has 2 unspecified atom stereocenters. The van der Waals surface area contributed by atoms with Crippen molar-refractivity contribution in [2.45, 2.75) is 53.2 Å². The van der Waals surface area contributed by atoms with Gasteiger partial charge in [-0.25, -0.2) is 0 Å². The SMILES string of the molecule is Cc1ccccc1CN1C(=O)C(C)NC(=O)C1C(C)(C)C.